The average Bonchev–Trinajstić information content (AvgIpc) is 2.49. The molecule has 120 valence electrons. The van der Waals surface area contributed by atoms with Crippen molar-refractivity contribution in [3.8, 4) is 0 Å². The number of hydrogen-bond donors (Lipinski definition) is 0. The molecule has 0 aliphatic carbocycles. The summed E-state index contributed by atoms with van der Waals surface area (Å²) in [6.45, 7) is 8.06. The lowest BCUT2D eigenvalue weighted by Gasteiger charge is -2.27. The quantitative estimate of drug-likeness (QED) is 0.528. The van der Waals surface area contributed by atoms with Gasteiger partial charge in [-0.15, -0.1) is 0 Å². The van der Waals surface area contributed by atoms with E-state index >= 15 is 0 Å². The van der Waals surface area contributed by atoms with Gasteiger partial charge >= 0.3 is 0 Å². The molecule has 0 aliphatic rings. The molecule has 0 aromatic heterocycles. The van der Waals surface area contributed by atoms with Gasteiger partial charge in [0.2, 0.25) is 0 Å². The maximum absolute atomic E-state index is 13.9. The molecule has 1 unspecified atom stereocenters. The van der Waals surface area contributed by atoms with Crippen molar-refractivity contribution in [3.63, 3.8) is 0 Å². The first-order valence-corrected chi connectivity index (χ1v) is 8.32. The van der Waals surface area contributed by atoms with E-state index in [1.807, 2.05) is 4.90 Å². The largest absolute Gasteiger partial charge is 0.369 e. The Hall–Kier alpha value is -1.12. The molecule has 3 heteroatoms. The summed E-state index contributed by atoms with van der Waals surface area (Å²) in [6, 6.07) is 3.72. The summed E-state index contributed by atoms with van der Waals surface area (Å²) in [7, 11) is 0. The molecule has 1 aromatic rings. The molecule has 0 aliphatic heterocycles. The van der Waals surface area contributed by atoms with Gasteiger partial charge in [0.15, 0.2) is 0 Å². The predicted molar refractivity (Wildman–Crippen MR) is 86.8 cm³/mol. The minimum atomic E-state index is -0.370. The summed E-state index contributed by atoms with van der Waals surface area (Å²) in [4.78, 5) is 1.99. The Kier molecular flexibility index (Phi) is 8.33. The van der Waals surface area contributed by atoms with E-state index in [-0.39, 0.29) is 11.6 Å². The molecule has 0 amide bonds. The predicted octanol–water partition coefficient (Wildman–Crippen LogP) is 5.79. The third-order valence-corrected chi connectivity index (χ3v) is 4.09. The van der Waals surface area contributed by atoms with Gasteiger partial charge in [0.05, 0.1) is 5.69 Å². The number of halogens is 2. The van der Waals surface area contributed by atoms with Crippen molar-refractivity contribution in [2.24, 2.45) is 5.92 Å². The molecular weight excluding hydrogens is 268 g/mol. The molecule has 1 aromatic carbocycles. The van der Waals surface area contributed by atoms with Crippen molar-refractivity contribution in [3.05, 3.63) is 29.8 Å². The Morgan fingerprint density at radius 3 is 2.38 bits per heavy atom. The van der Waals surface area contributed by atoms with Gasteiger partial charge in [0.1, 0.15) is 11.6 Å². The molecule has 1 rings (SSSR count). The molecule has 0 heterocycles. The first-order chi connectivity index (χ1) is 10.1. The van der Waals surface area contributed by atoms with E-state index in [0.717, 1.165) is 32.4 Å². The van der Waals surface area contributed by atoms with Crippen molar-refractivity contribution in [2.75, 3.05) is 18.0 Å². The number of nitrogens with zero attached hydrogens (tertiary/aromatic N) is 1. The fraction of sp³-hybridized carbons (Fsp3) is 0.667. The van der Waals surface area contributed by atoms with Crippen LogP contribution in [0, 0.1) is 17.6 Å². The molecule has 0 N–H and O–H groups in total. The van der Waals surface area contributed by atoms with Gasteiger partial charge in [0, 0.05) is 19.2 Å². The second-order valence-corrected chi connectivity index (χ2v) is 5.79. The Morgan fingerprint density at radius 2 is 1.76 bits per heavy atom. The van der Waals surface area contributed by atoms with Gasteiger partial charge in [-0.05, 0) is 30.9 Å². The van der Waals surface area contributed by atoms with Crippen molar-refractivity contribution in [1.29, 1.82) is 0 Å². The maximum Gasteiger partial charge on any atom is 0.146 e. The van der Waals surface area contributed by atoms with Gasteiger partial charge in [-0.2, -0.15) is 0 Å². The summed E-state index contributed by atoms with van der Waals surface area (Å²) < 4.78 is 27.3. The van der Waals surface area contributed by atoms with Crippen LogP contribution in [0.15, 0.2) is 18.2 Å². The number of unbranched alkanes of at least 4 members (excludes halogenated alkanes) is 1. The zero-order valence-electron chi connectivity index (χ0n) is 13.7. The van der Waals surface area contributed by atoms with Gasteiger partial charge in [0.25, 0.3) is 0 Å². The fourth-order valence-electron chi connectivity index (χ4n) is 2.73. The first kappa shape index (κ1) is 17.9. The van der Waals surface area contributed by atoms with Crippen molar-refractivity contribution in [2.45, 2.75) is 59.3 Å². The third-order valence-electron chi connectivity index (χ3n) is 4.09. The van der Waals surface area contributed by atoms with Gasteiger partial charge in [-0.1, -0.05) is 46.5 Å². The van der Waals surface area contributed by atoms with E-state index in [4.69, 9.17) is 0 Å². The Morgan fingerprint density at radius 1 is 1.00 bits per heavy atom. The van der Waals surface area contributed by atoms with Crippen LogP contribution in [0.25, 0.3) is 0 Å². The van der Waals surface area contributed by atoms with Crippen LogP contribution in [0.3, 0.4) is 0 Å². The van der Waals surface area contributed by atoms with Crippen LogP contribution in [0.5, 0.6) is 0 Å². The lowest BCUT2D eigenvalue weighted by Crippen LogP contribution is -2.28. The minimum absolute atomic E-state index is 0.327. The van der Waals surface area contributed by atoms with Crippen molar-refractivity contribution in [1.82, 2.24) is 0 Å². The highest BCUT2D eigenvalue weighted by Gasteiger charge is 2.14. The molecule has 21 heavy (non-hydrogen) atoms. The average molecular weight is 297 g/mol. The van der Waals surface area contributed by atoms with Gasteiger partial charge in [-0.3, -0.25) is 0 Å². The normalized spacial score (nSPS) is 12.4. The monoisotopic (exact) mass is 297 g/mol. The van der Waals surface area contributed by atoms with Crippen LogP contribution in [-0.2, 0) is 0 Å². The molecule has 1 nitrogen and oxygen atoms in total. The summed E-state index contributed by atoms with van der Waals surface area (Å²) in [5.74, 6) is -0.0158. The lowest BCUT2D eigenvalue weighted by atomic mass is 9.95. The molecule has 0 radical (unpaired) electrons. The second-order valence-electron chi connectivity index (χ2n) is 5.79. The van der Waals surface area contributed by atoms with E-state index in [2.05, 4.69) is 20.8 Å². The van der Waals surface area contributed by atoms with Crippen LogP contribution >= 0.6 is 0 Å². The van der Waals surface area contributed by atoms with E-state index in [1.165, 1.54) is 37.5 Å². The Labute approximate surface area is 128 Å². The molecule has 1 atom stereocenters. The number of anilines is 1. The van der Waals surface area contributed by atoms with Crippen molar-refractivity contribution < 1.29 is 8.78 Å². The SMILES string of the molecule is CCCCC(CC)CCN(CCC)c1cc(F)ccc1F. The number of rotatable bonds is 10. The molecule has 0 spiro atoms. The zero-order valence-corrected chi connectivity index (χ0v) is 13.7. The van der Waals surface area contributed by atoms with Gasteiger partial charge in [-0.25, -0.2) is 8.78 Å². The van der Waals surface area contributed by atoms with Crippen LogP contribution in [0.2, 0.25) is 0 Å². The van der Waals surface area contributed by atoms with Crippen LogP contribution < -0.4 is 4.90 Å². The molecule has 0 fully saturated rings. The fourth-order valence-corrected chi connectivity index (χ4v) is 2.73. The van der Waals surface area contributed by atoms with E-state index in [1.54, 1.807) is 0 Å². The summed E-state index contributed by atoms with van der Waals surface area (Å²) in [5, 5.41) is 0. The van der Waals surface area contributed by atoms with Crippen molar-refractivity contribution >= 4 is 5.69 Å². The van der Waals surface area contributed by atoms with Gasteiger partial charge < -0.3 is 4.90 Å². The molecule has 0 saturated heterocycles. The molecule has 0 saturated carbocycles. The molecular formula is C18H29F2N. The second kappa shape index (κ2) is 9.75. The summed E-state index contributed by atoms with van der Waals surface area (Å²) in [5.41, 5.74) is 0.405. The minimum Gasteiger partial charge on any atom is -0.369 e. The van der Waals surface area contributed by atoms with E-state index < -0.39 is 0 Å². The highest BCUT2D eigenvalue weighted by molar-refractivity contribution is 5.47. The molecule has 0 bridgehead atoms. The zero-order chi connectivity index (χ0) is 15.7. The standard InChI is InChI=1S/C18H29F2N/c1-4-7-8-15(6-3)11-13-21(12-5-2)18-14-16(19)9-10-17(18)20/h9-10,14-15H,4-8,11-13H2,1-3H3. The maximum atomic E-state index is 13.9. The summed E-state index contributed by atoms with van der Waals surface area (Å²) >= 11 is 0. The summed E-state index contributed by atoms with van der Waals surface area (Å²) in [6.07, 6.45) is 6.84. The Bertz CT molecular complexity index is 406. The highest BCUT2D eigenvalue weighted by Crippen LogP contribution is 2.23. The topological polar surface area (TPSA) is 3.24 Å². The first-order valence-electron chi connectivity index (χ1n) is 8.32. The lowest BCUT2D eigenvalue weighted by molar-refractivity contribution is 0.420. The number of benzene rings is 1. The van der Waals surface area contributed by atoms with E-state index in [9.17, 15) is 8.78 Å². The Balaban J connectivity index is 2.70. The highest BCUT2D eigenvalue weighted by atomic mass is 19.1. The van der Waals surface area contributed by atoms with Crippen LogP contribution in [0.4, 0.5) is 14.5 Å². The smallest absolute Gasteiger partial charge is 0.146 e. The van der Waals surface area contributed by atoms with Crippen LogP contribution in [0.1, 0.15) is 59.3 Å². The van der Waals surface area contributed by atoms with Crippen LogP contribution in [-0.4, -0.2) is 13.1 Å². The van der Waals surface area contributed by atoms with E-state index in [0.29, 0.717) is 11.6 Å². The third kappa shape index (κ3) is 6.03. The number of hydrogen-bond acceptors (Lipinski definition) is 1.